The lowest BCUT2D eigenvalue weighted by Gasteiger charge is -2.34. The van der Waals surface area contributed by atoms with Gasteiger partial charge in [0, 0.05) is 37.4 Å². The molecule has 5 rings (SSSR count). The van der Waals surface area contributed by atoms with Gasteiger partial charge in [0.15, 0.2) is 0 Å². The van der Waals surface area contributed by atoms with E-state index in [2.05, 4.69) is 4.98 Å². The molecule has 1 aliphatic rings. The molecule has 1 saturated heterocycles. The van der Waals surface area contributed by atoms with Crippen LogP contribution in [-0.2, 0) is 10.0 Å². The number of piperazine rings is 1. The number of hydrogen-bond donors (Lipinski definition) is 0. The summed E-state index contributed by atoms with van der Waals surface area (Å²) in [4.78, 5) is 19.4. The molecule has 1 aliphatic heterocycles. The van der Waals surface area contributed by atoms with Crippen LogP contribution in [0.4, 0.5) is 0 Å². The van der Waals surface area contributed by atoms with Crippen LogP contribution in [-0.4, -0.2) is 59.3 Å². The van der Waals surface area contributed by atoms with Crippen molar-refractivity contribution in [3.8, 4) is 5.69 Å². The Morgan fingerprint density at radius 3 is 2.16 bits per heavy atom. The Kier molecular flexibility index (Phi) is 5.24. The minimum Gasteiger partial charge on any atom is -0.336 e. The molecular weight excluding hydrogens is 424 g/mol. The number of carbonyl (C=O) groups is 1. The molecule has 8 heteroatoms. The second kappa shape index (κ2) is 8.22. The fourth-order valence-corrected chi connectivity index (χ4v) is 5.43. The number of aromatic nitrogens is 2. The standard InChI is InChI=1S/C24H22N4O3S/c29-24(26-14-16-27(17-15-26)32(30,31)21-6-2-1-3-7-21)19-10-12-20(13-11-19)28-18-25-22-8-4-5-9-23(22)28/h1-13,18H,14-17H2. The molecule has 0 bridgehead atoms. The first-order valence-electron chi connectivity index (χ1n) is 10.4. The van der Waals surface area contributed by atoms with Gasteiger partial charge in [0.2, 0.25) is 10.0 Å². The fraction of sp³-hybridized carbons (Fsp3) is 0.167. The molecule has 0 N–H and O–H groups in total. The smallest absolute Gasteiger partial charge is 0.253 e. The Hall–Kier alpha value is -3.49. The van der Waals surface area contributed by atoms with Crippen LogP contribution in [0.5, 0.6) is 0 Å². The predicted molar refractivity (Wildman–Crippen MR) is 122 cm³/mol. The maximum atomic E-state index is 13.0. The second-order valence-electron chi connectivity index (χ2n) is 7.66. The van der Waals surface area contributed by atoms with Crippen LogP contribution in [0.1, 0.15) is 10.4 Å². The van der Waals surface area contributed by atoms with E-state index in [-0.39, 0.29) is 23.9 Å². The number of rotatable bonds is 4. The van der Waals surface area contributed by atoms with E-state index in [1.54, 1.807) is 53.7 Å². The molecule has 0 radical (unpaired) electrons. The number of fused-ring (bicyclic) bond motifs is 1. The van der Waals surface area contributed by atoms with Crippen molar-refractivity contribution in [2.24, 2.45) is 0 Å². The number of carbonyl (C=O) groups excluding carboxylic acids is 1. The van der Waals surface area contributed by atoms with Crippen molar-refractivity contribution in [1.82, 2.24) is 18.8 Å². The van der Waals surface area contributed by atoms with Gasteiger partial charge in [-0.05, 0) is 48.5 Å². The number of nitrogens with zero attached hydrogens (tertiary/aromatic N) is 4. The number of imidazole rings is 1. The van der Waals surface area contributed by atoms with E-state index in [9.17, 15) is 13.2 Å². The van der Waals surface area contributed by atoms with E-state index in [1.165, 1.54) is 4.31 Å². The molecule has 0 unspecified atom stereocenters. The molecule has 1 aromatic heterocycles. The van der Waals surface area contributed by atoms with Crippen molar-refractivity contribution in [3.63, 3.8) is 0 Å². The molecule has 32 heavy (non-hydrogen) atoms. The van der Waals surface area contributed by atoms with E-state index in [0.29, 0.717) is 18.7 Å². The van der Waals surface area contributed by atoms with Crippen LogP contribution in [0, 0.1) is 0 Å². The summed E-state index contributed by atoms with van der Waals surface area (Å²) in [7, 11) is -3.54. The molecule has 4 aromatic rings. The van der Waals surface area contributed by atoms with Gasteiger partial charge >= 0.3 is 0 Å². The quantitative estimate of drug-likeness (QED) is 0.483. The normalized spacial score (nSPS) is 15.2. The van der Waals surface area contributed by atoms with E-state index >= 15 is 0 Å². The van der Waals surface area contributed by atoms with Crippen molar-refractivity contribution >= 4 is 27.0 Å². The lowest BCUT2D eigenvalue weighted by atomic mass is 10.1. The number of benzene rings is 3. The van der Waals surface area contributed by atoms with Gasteiger partial charge in [0.1, 0.15) is 6.33 Å². The minimum absolute atomic E-state index is 0.0937. The van der Waals surface area contributed by atoms with Gasteiger partial charge in [-0.15, -0.1) is 0 Å². The zero-order valence-electron chi connectivity index (χ0n) is 17.3. The highest BCUT2D eigenvalue weighted by atomic mass is 32.2. The Balaban J connectivity index is 1.28. The van der Waals surface area contributed by atoms with Gasteiger partial charge in [0.25, 0.3) is 5.91 Å². The average molecular weight is 447 g/mol. The second-order valence-corrected chi connectivity index (χ2v) is 9.60. The first kappa shape index (κ1) is 20.4. The third-order valence-corrected chi connectivity index (χ3v) is 7.67. The first-order chi connectivity index (χ1) is 15.5. The molecule has 162 valence electrons. The molecule has 7 nitrogen and oxygen atoms in total. The summed E-state index contributed by atoms with van der Waals surface area (Å²) in [6, 6.07) is 23.7. The zero-order valence-corrected chi connectivity index (χ0v) is 18.1. The van der Waals surface area contributed by atoms with Crippen LogP contribution in [0.25, 0.3) is 16.7 Å². The number of para-hydroxylation sites is 2. The largest absolute Gasteiger partial charge is 0.336 e. The van der Waals surface area contributed by atoms with Crippen molar-refractivity contribution in [2.75, 3.05) is 26.2 Å². The van der Waals surface area contributed by atoms with E-state index in [4.69, 9.17) is 0 Å². The van der Waals surface area contributed by atoms with Crippen molar-refractivity contribution in [1.29, 1.82) is 0 Å². The summed E-state index contributed by atoms with van der Waals surface area (Å²) >= 11 is 0. The molecule has 0 aliphatic carbocycles. The maximum absolute atomic E-state index is 13.0. The van der Waals surface area contributed by atoms with Crippen LogP contribution in [0.3, 0.4) is 0 Å². The van der Waals surface area contributed by atoms with Gasteiger partial charge in [-0.3, -0.25) is 9.36 Å². The van der Waals surface area contributed by atoms with Crippen LogP contribution < -0.4 is 0 Å². The lowest BCUT2D eigenvalue weighted by molar-refractivity contribution is 0.0698. The summed E-state index contributed by atoms with van der Waals surface area (Å²) in [6.45, 7) is 1.28. The fourth-order valence-electron chi connectivity index (χ4n) is 3.99. The Bertz CT molecular complexity index is 1360. The number of sulfonamides is 1. The maximum Gasteiger partial charge on any atom is 0.253 e. The van der Waals surface area contributed by atoms with Crippen LogP contribution >= 0.6 is 0 Å². The molecule has 0 saturated carbocycles. The van der Waals surface area contributed by atoms with E-state index in [1.807, 2.05) is 41.0 Å². The Labute approximate surface area is 186 Å². The SMILES string of the molecule is O=C(c1ccc(-n2cnc3ccccc32)cc1)N1CCN(S(=O)(=O)c2ccccc2)CC1. The van der Waals surface area contributed by atoms with E-state index < -0.39 is 10.0 Å². The molecule has 2 heterocycles. The van der Waals surface area contributed by atoms with Gasteiger partial charge in [-0.2, -0.15) is 4.31 Å². The third kappa shape index (κ3) is 3.68. The first-order valence-corrected chi connectivity index (χ1v) is 11.8. The van der Waals surface area contributed by atoms with E-state index in [0.717, 1.165) is 16.7 Å². The van der Waals surface area contributed by atoms with Crippen molar-refractivity contribution in [2.45, 2.75) is 4.90 Å². The zero-order chi connectivity index (χ0) is 22.1. The summed E-state index contributed by atoms with van der Waals surface area (Å²) in [6.07, 6.45) is 1.77. The molecule has 0 spiro atoms. The van der Waals surface area contributed by atoms with Gasteiger partial charge in [0.05, 0.1) is 15.9 Å². The Morgan fingerprint density at radius 2 is 1.44 bits per heavy atom. The number of amides is 1. The summed E-state index contributed by atoms with van der Waals surface area (Å²) in [5.41, 5.74) is 3.42. The topological polar surface area (TPSA) is 75.5 Å². The molecule has 1 fully saturated rings. The summed E-state index contributed by atoms with van der Waals surface area (Å²) < 4.78 is 29.0. The van der Waals surface area contributed by atoms with Crippen molar-refractivity contribution < 1.29 is 13.2 Å². The predicted octanol–water partition coefficient (Wildman–Crippen LogP) is 3.17. The van der Waals surface area contributed by atoms with Crippen LogP contribution in [0.2, 0.25) is 0 Å². The molecule has 1 amide bonds. The highest BCUT2D eigenvalue weighted by Gasteiger charge is 2.30. The molecule has 0 atom stereocenters. The summed E-state index contributed by atoms with van der Waals surface area (Å²) in [5, 5.41) is 0. The van der Waals surface area contributed by atoms with Crippen molar-refractivity contribution in [3.05, 3.63) is 90.8 Å². The van der Waals surface area contributed by atoms with Gasteiger partial charge in [-0.25, -0.2) is 13.4 Å². The third-order valence-electron chi connectivity index (χ3n) is 5.75. The van der Waals surface area contributed by atoms with Crippen LogP contribution in [0.15, 0.2) is 90.1 Å². The highest BCUT2D eigenvalue weighted by molar-refractivity contribution is 7.89. The van der Waals surface area contributed by atoms with Gasteiger partial charge in [-0.1, -0.05) is 30.3 Å². The average Bonchev–Trinajstić information content (AvgIpc) is 3.28. The number of hydrogen-bond acceptors (Lipinski definition) is 4. The summed E-state index contributed by atoms with van der Waals surface area (Å²) in [5.74, 6) is -0.0937. The monoisotopic (exact) mass is 446 g/mol. The minimum atomic E-state index is -3.54. The lowest BCUT2D eigenvalue weighted by Crippen LogP contribution is -2.50. The Morgan fingerprint density at radius 1 is 0.781 bits per heavy atom. The molecular formula is C24H22N4O3S. The van der Waals surface area contributed by atoms with Gasteiger partial charge < -0.3 is 4.90 Å². The highest BCUT2D eigenvalue weighted by Crippen LogP contribution is 2.20. The molecule has 3 aromatic carbocycles.